The number of nitrogens with zero attached hydrogens (tertiary/aromatic N) is 1. The molecule has 4 rings (SSSR count). The Hall–Kier alpha value is -3.40. The third-order valence-corrected chi connectivity index (χ3v) is 5.93. The summed E-state index contributed by atoms with van der Waals surface area (Å²) in [7, 11) is 0. The molecule has 1 amide bonds. The molecule has 2 unspecified atom stereocenters. The molecule has 3 aromatic carbocycles. The fourth-order valence-corrected chi connectivity index (χ4v) is 4.24. The van der Waals surface area contributed by atoms with Gasteiger partial charge < -0.3 is 9.64 Å². The second kappa shape index (κ2) is 9.17. The molecule has 1 aliphatic heterocycles. The van der Waals surface area contributed by atoms with Crippen LogP contribution in [-0.4, -0.2) is 23.1 Å². The predicted molar refractivity (Wildman–Crippen MR) is 121 cm³/mol. The van der Waals surface area contributed by atoms with Crippen LogP contribution in [0.5, 0.6) is 5.75 Å². The van der Waals surface area contributed by atoms with Crippen LogP contribution in [0, 0.1) is 0 Å². The van der Waals surface area contributed by atoms with Gasteiger partial charge in [-0.2, -0.15) is 0 Å². The third-order valence-electron chi connectivity index (χ3n) is 5.93. The minimum Gasteiger partial charge on any atom is -0.489 e. The van der Waals surface area contributed by atoms with Crippen LogP contribution in [0.15, 0.2) is 78.9 Å². The largest absolute Gasteiger partial charge is 0.489 e. The molecule has 0 bridgehead atoms. The lowest BCUT2D eigenvalue weighted by Crippen LogP contribution is -2.44. The Morgan fingerprint density at radius 2 is 1.68 bits per heavy atom. The molecule has 3 aromatic rings. The van der Waals surface area contributed by atoms with E-state index in [1.54, 1.807) is 11.8 Å². The maximum absolute atomic E-state index is 13.3. The molecule has 2 atom stereocenters. The normalized spacial score (nSPS) is 16.3. The van der Waals surface area contributed by atoms with Crippen molar-refractivity contribution < 1.29 is 14.3 Å². The zero-order valence-corrected chi connectivity index (χ0v) is 18.0. The minimum atomic E-state index is -0.550. The first kappa shape index (κ1) is 20.9. The zero-order chi connectivity index (χ0) is 21.8. The van der Waals surface area contributed by atoms with Crippen LogP contribution in [-0.2, 0) is 22.6 Å². The Bertz CT molecular complexity index is 1060. The van der Waals surface area contributed by atoms with E-state index in [1.807, 2.05) is 85.8 Å². The van der Waals surface area contributed by atoms with Gasteiger partial charge in [0.2, 0.25) is 5.91 Å². The lowest BCUT2D eigenvalue weighted by Gasteiger charge is -2.37. The van der Waals surface area contributed by atoms with Gasteiger partial charge in [0.15, 0.2) is 5.78 Å². The zero-order valence-electron chi connectivity index (χ0n) is 18.0. The van der Waals surface area contributed by atoms with E-state index in [2.05, 4.69) is 0 Å². The van der Waals surface area contributed by atoms with Gasteiger partial charge in [0.05, 0.1) is 5.92 Å². The van der Waals surface area contributed by atoms with Crippen LogP contribution in [0.1, 0.15) is 48.1 Å². The summed E-state index contributed by atoms with van der Waals surface area (Å²) in [5.41, 5.74) is 4.04. The number of fused-ring (bicyclic) bond motifs is 1. The Morgan fingerprint density at radius 3 is 2.35 bits per heavy atom. The molecule has 0 saturated heterocycles. The van der Waals surface area contributed by atoms with E-state index in [0.29, 0.717) is 19.6 Å². The number of ketones is 1. The Labute approximate surface area is 183 Å². The third kappa shape index (κ3) is 4.53. The topological polar surface area (TPSA) is 46.6 Å². The minimum absolute atomic E-state index is 0.0125. The van der Waals surface area contributed by atoms with E-state index in [-0.39, 0.29) is 17.6 Å². The van der Waals surface area contributed by atoms with Gasteiger partial charge in [-0.25, -0.2) is 0 Å². The Balaban J connectivity index is 1.54. The summed E-state index contributed by atoms with van der Waals surface area (Å²) in [6.45, 7) is 4.49. The van der Waals surface area contributed by atoms with Crippen LogP contribution < -0.4 is 4.74 Å². The van der Waals surface area contributed by atoms with Crippen molar-refractivity contribution in [2.75, 3.05) is 6.54 Å². The molecule has 0 N–H and O–H groups in total. The number of amides is 1. The van der Waals surface area contributed by atoms with Crippen molar-refractivity contribution in [3.05, 3.63) is 101 Å². The highest BCUT2D eigenvalue weighted by Crippen LogP contribution is 2.35. The van der Waals surface area contributed by atoms with Gasteiger partial charge in [-0.1, -0.05) is 66.7 Å². The molecular weight excluding hydrogens is 386 g/mol. The molecular formula is C27H27NO3. The van der Waals surface area contributed by atoms with E-state index in [0.717, 1.165) is 28.0 Å². The molecule has 31 heavy (non-hydrogen) atoms. The molecule has 4 heteroatoms. The van der Waals surface area contributed by atoms with Crippen LogP contribution in [0.4, 0.5) is 0 Å². The van der Waals surface area contributed by atoms with Gasteiger partial charge in [-0.05, 0) is 54.7 Å². The summed E-state index contributed by atoms with van der Waals surface area (Å²) in [5, 5.41) is 0. The van der Waals surface area contributed by atoms with Gasteiger partial charge >= 0.3 is 0 Å². The van der Waals surface area contributed by atoms with Crippen molar-refractivity contribution in [1.82, 2.24) is 4.90 Å². The first-order valence-electron chi connectivity index (χ1n) is 10.7. The molecule has 158 valence electrons. The maximum atomic E-state index is 13.3. The van der Waals surface area contributed by atoms with Crippen molar-refractivity contribution in [2.45, 2.75) is 38.8 Å². The fraction of sp³-hybridized carbons (Fsp3) is 0.259. The first-order valence-corrected chi connectivity index (χ1v) is 10.7. The summed E-state index contributed by atoms with van der Waals surface area (Å²) in [4.78, 5) is 27.6. The second-order valence-corrected chi connectivity index (χ2v) is 8.06. The number of ether oxygens (including phenoxy) is 1. The predicted octanol–water partition coefficient (Wildman–Crippen LogP) is 5.08. The highest BCUT2D eigenvalue weighted by molar-refractivity contribution is 5.92. The van der Waals surface area contributed by atoms with E-state index in [9.17, 15) is 9.59 Å². The number of hydrogen-bond acceptors (Lipinski definition) is 3. The summed E-state index contributed by atoms with van der Waals surface area (Å²) < 4.78 is 5.96. The smallest absolute Gasteiger partial charge is 0.230 e. The van der Waals surface area contributed by atoms with Crippen molar-refractivity contribution in [3.8, 4) is 5.75 Å². The maximum Gasteiger partial charge on any atom is 0.230 e. The molecule has 0 aliphatic carbocycles. The van der Waals surface area contributed by atoms with E-state index >= 15 is 0 Å². The quantitative estimate of drug-likeness (QED) is 0.566. The van der Waals surface area contributed by atoms with Crippen molar-refractivity contribution in [1.29, 1.82) is 0 Å². The number of hydrogen-bond donors (Lipinski definition) is 0. The van der Waals surface area contributed by atoms with Crippen LogP contribution in [0.3, 0.4) is 0 Å². The lowest BCUT2D eigenvalue weighted by molar-refractivity contribution is -0.140. The molecule has 1 heterocycles. The Morgan fingerprint density at radius 1 is 1.00 bits per heavy atom. The highest BCUT2D eigenvalue weighted by atomic mass is 16.5. The fourth-order valence-electron chi connectivity index (χ4n) is 4.24. The van der Waals surface area contributed by atoms with Crippen molar-refractivity contribution in [2.24, 2.45) is 0 Å². The summed E-state index contributed by atoms with van der Waals surface area (Å²) in [5.74, 6) is 0.453. The molecule has 4 nitrogen and oxygen atoms in total. The number of Topliss-reactive ketones (excluding diaryl/α,β-unsaturated/α-hetero) is 1. The SMILES string of the molecule is CC(=O)C1c2ccc(OCc3ccccc3)cc2CCN1C(=O)C(C)c1ccccc1. The standard InChI is InChI=1S/C27H27NO3/c1-19(22-11-7-4-8-12-22)27(30)28-16-15-23-17-24(13-14-25(23)26(28)20(2)29)31-18-21-9-5-3-6-10-21/h3-14,17,19,26H,15-16,18H2,1-2H3. The molecule has 0 fully saturated rings. The van der Waals surface area contributed by atoms with Gasteiger partial charge in [0.1, 0.15) is 18.4 Å². The number of carbonyl (C=O) groups is 2. The molecule has 0 aromatic heterocycles. The van der Waals surface area contributed by atoms with E-state index in [1.165, 1.54) is 0 Å². The summed E-state index contributed by atoms with van der Waals surface area (Å²) in [6.07, 6.45) is 0.703. The highest BCUT2D eigenvalue weighted by Gasteiger charge is 2.36. The number of carbonyl (C=O) groups excluding carboxylic acids is 2. The summed E-state index contributed by atoms with van der Waals surface area (Å²) in [6, 6.07) is 25.0. The first-order chi connectivity index (χ1) is 15.0. The molecule has 0 radical (unpaired) electrons. The van der Waals surface area contributed by atoms with Gasteiger partial charge in [0.25, 0.3) is 0 Å². The lowest BCUT2D eigenvalue weighted by atomic mass is 9.88. The molecule has 0 spiro atoms. The average Bonchev–Trinajstić information content (AvgIpc) is 2.82. The van der Waals surface area contributed by atoms with Gasteiger partial charge in [0, 0.05) is 6.54 Å². The van der Waals surface area contributed by atoms with Gasteiger partial charge in [-0.15, -0.1) is 0 Å². The second-order valence-electron chi connectivity index (χ2n) is 8.06. The average molecular weight is 414 g/mol. The van der Waals surface area contributed by atoms with Crippen LogP contribution in [0.2, 0.25) is 0 Å². The van der Waals surface area contributed by atoms with Crippen molar-refractivity contribution in [3.63, 3.8) is 0 Å². The van der Waals surface area contributed by atoms with Crippen molar-refractivity contribution >= 4 is 11.7 Å². The summed E-state index contributed by atoms with van der Waals surface area (Å²) >= 11 is 0. The molecule has 1 aliphatic rings. The van der Waals surface area contributed by atoms with Crippen LogP contribution >= 0.6 is 0 Å². The van der Waals surface area contributed by atoms with E-state index < -0.39 is 6.04 Å². The van der Waals surface area contributed by atoms with Gasteiger partial charge in [-0.3, -0.25) is 9.59 Å². The molecule has 0 saturated carbocycles. The van der Waals surface area contributed by atoms with Crippen LogP contribution in [0.25, 0.3) is 0 Å². The monoisotopic (exact) mass is 413 g/mol. The number of rotatable bonds is 6. The Kier molecular flexibility index (Phi) is 6.17. The van der Waals surface area contributed by atoms with E-state index in [4.69, 9.17) is 4.74 Å². The number of benzene rings is 3.